The van der Waals surface area contributed by atoms with Gasteiger partial charge in [0.1, 0.15) is 11.5 Å². The highest BCUT2D eigenvalue weighted by Gasteiger charge is 2.16. The number of nitrogens with zero attached hydrogens (tertiary/aromatic N) is 4. The lowest BCUT2D eigenvalue weighted by atomic mass is 10.3. The first kappa shape index (κ1) is 17.6. The summed E-state index contributed by atoms with van der Waals surface area (Å²) in [7, 11) is 2.09. The van der Waals surface area contributed by atoms with E-state index in [-0.39, 0.29) is 11.4 Å². The third kappa shape index (κ3) is 4.25. The molecule has 0 aliphatic carbocycles. The lowest BCUT2D eigenvalue weighted by Crippen LogP contribution is -2.44. The molecule has 0 unspecified atom stereocenters. The highest BCUT2D eigenvalue weighted by molar-refractivity contribution is 6.01. The fourth-order valence-electron chi connectivity index (χ4n) is 2.71. The predicted molar refractivity (Wildman–Crippen MR) is 99.7 cm³/mol. The van der Waals surface area contributed by atoms with Crippen LogP contribution in [0.15, 0.2) is 42.6 Å². The number of nitro benzene ring substituents is 1. The monoisotopic (exact) mass is 356 g/mol. The van der Waals surface area contributed by atoms with Crippen LogP contribution in [-0.4, -0.2) is 54.1 Å². The fraction of sp³-hybridized carbons (Fsp3) is 0.294. The van der Waals surface area contributed by atoms with Crippen molar-refractivity contribution in [2.45, 2.75) is 0 Å². The second-order valence-electron chi connectivity index (χ2n) is 6.05. The zero-order valence-electron chi connectivity index (χ0n) is 14.4. The number of likely N-dealkylation sites (N-methyl/N-ethyl adjacent to an activating group) is 1. The summed E-state index contributed by atoms with van der Waals surface area (Å²) in [5, 5.41) is 16.1. The van der Waals surface area contributed by atoms with Gasteiger partial charge in [-0.25, -0.2) is 9.78 Å². The van der Waals surface area contributed by atoms with Gasteiger partial charge in [-0.15, -0.1) is 0 Å². The molecule has 0 saturated carbocycles. The summed E-state index contributed by atoms with van der Waals surface area (Å²) in [5.74, 6) is 0.864. The number of carbonyl (C=O) groups is 1. The van der Waals surface area contributed by atoms with Gasteiger partial charge in [0.25, 0.3) is 5.69 Å². The first-order valence-electron chi connectivity index (χ1n) is 8.24. The third-order valence-electron chi connectivity index (χ3n) is 4.18. The Bertz CT molecular complexity index is 787. The Kier molecular flexibility index (Phi) is 5.28. The quantitative estimate of drug-likeness (QED) is 0.644. The van der Waals surface area contributed by atoms with Gasteiger partial charge in [0.05, 0.1) is 16.8 Å². The van der Waals surface area contributed by atoms with E-state index >= 15 is 0 Å². The van der Waals surface area contributed by atoms with Gasteiger partial charge in [-0.2, -0.15) is 0 Å². The molecule has 0 spiro atoms. The van der Waals surface area contributed by atoms with Crippen LogP contribution in [0.2, 0.25) is 0 Å². The van der Waals surface area contributed by atoms with Gasteiger partial charge >= 0.3 is 6.03 Å². The molecule has 26 heavy (non-hydrogen) atoms. The lowest BCUT2D eigenvalue weighted by molar-refractivity contribution is -0.383. The molecule has 9 nitrogen and oxygen atoms in total. The summed E-state index contributed by atoms with van der Waals surface area (Å²) in [6.45, 7) is 3.79. The Hall–Kier alpha value is -3.20. The number of benzene rings is 1. The van der Waals surface area contributed by atoms with E-state index in [1.807, 2.05) is 6.07 Å². The number of anilines is 3. The van der Waals surface area contributed by atoms with Crippen molar-refractivity contribution in [1.29, 1.82) is 0 Å². The van der Waals surface area contributed by atoms with E-state index < -0.39 is 11.0 Å². The highest BCUT2D eigenvalue weighted by atomic mass is 16.6. The molecule has 2 aromatic rings. The topological polar surface area (TPSA) is 104 Å². The van der Waals surface area contributed by atoms with Crippen LogP contribution < -0.4 is 15.5 Å². The van der Waals surface area contributed by atoms with E-state index in [9.17, 15) is 14.9 Å². The van der Waals surface area contributed by atoms with E-state index in [1.54, 1.807) is 24.4 Å². The standard InChI is InChI=1S/C17H20N6O3/c1-21-8-10-22(11-9-21)16-7-6-13(12-18-16)19-17(24)20-14-4-2-3-5-15(14)23(25)26/h2-7,12H,8-11H2,1H3,(H2,19,20,24). The van der Waals surface area contributed by atoms with Crippen molar-refractivity contribution in [3.63, 3.8) is 0 Å². The number of nitro groups is 1. The molecule has 2 heterocycles. The van der Waals surface area contributed by atoms with Crippen LogP contribution in [0.25, 0.3) is 0 Å². The van der Waals surface area contributed by atoms with Crippen molar-refractivity contribution in [1.82, 2.24) is 9.88 Å². The number of nitrogens with one attached hydrogen (secondary N) is 2. The molecular formula is C17H20N6O3. The number of urea groups is 1. The summed E-state index contributed by atoms with van der Waals surface area (Å²) >= 11 is 0. The molecule has 2 amide bonds. The Morgan fingerprint density at radius 2 is 1.85 bits per heavy atom. The van der Waals surface area contributed by atoms with E-state index in [2.05, 4.69) is 32.5 Å². The molecule has 1 saturated heterocycles. The maximum Gasteiger partial charge on any atom is 0.323 e. The summed E-state index contributed by atoms with van der Waals surface area (Å²) in [6.07, 6.45) is 1.58. The first-order chi connectivity index (χ1) is 12.5. The highest BCUT2D eigenvalue weighted by Crippen LogP contribution is 2.23. The second-order valence-corrected chi connectivity index (χ2v) is 6.05. The summed E-state index contributed by atoms with van der Waals surface area (Å²) in [4.78, 5) is 31.4. The number of para-hydroxylation sites is 2. The van der Waals surface area contributed by atoms with Gasteiger partial charge in [-0.05, 0) is 25.2 Å². The first-order valence-corrected chi connectivity index (χ1v) is 8.24. The maximum atomic E-state index is 12.1. The number of aromatic nitrogens is 1. The zero-order valence-corrected chi connectivity index (χ0v) is 14.4. The molecule has 0 atom stereocenters. The molecule has 9 heteroatoms. The molecule has 1 aromatic carbocycles. The van der Waals surface area contributed by atoms with Crippen LogP contribution in [0.3, 0.4) is 0 Å². The largest absolute Gasteiger partial charge is 0.354 e. The van der Waals surface area contributed by atoms with E-state index in [4.69, 9.17) is 0 Å². The average molecular weight is 356 g/mol. The van der Waals surface area contributed by atoms with Crippen molar-refractivity contribution in [2.75, 3.05) is 48.8 Å². The second kappa shape index (κ2) is 7.79. The minimum Gasteiger partial charge on any atom is -0.354 e. The molecule has 1 fully saturated rings. The number of hydrogen-bond donors (Lipinski definition) is 2. The van der Waals surface area contributed by atoms with Gasteiger partial charge < -0.3 is 20.4 Å². The Balaban J connectivity index is 1.61. The maximum absolute atomic E-state index is 12.1. The predicted octanol–water partition coefficient (Wildman–Crippen LogP) is 2.39. The molecule has 136 valence electrons. The number of hydrogen-bond acceptors (Lipinski definition) is 6. The van der Waals surface area contributed by atoms with Crippen LogP contribution >= 0.6 is 0 Å². The molecule has 1 aliphatic rings. The number of amides is 2. The Morgan fingerprint density at radius 1 is 1.12 bits per heavy atom. The number of pyridine rings is 1. The van der Waals surface area contributed by atoms with E-state index in [0.717, 1.165) is 32.0 Å². The van der Waals surface area contributed by atoms with Crippen LogP contribution in [0.1, 0.15) is 0 Å². The third-order valence-corrected chi connectivity index (χ3v) is 4.18. The Labute approximate surface area is 150 Å². The lowest BCUT2D eigenvalue weighted by Gasteiger charge is -2.33. The molecule has 1 aromatic heterocycles. The van der Waals surface area contributed by atoms with Crippen LogP contribution in [0, 0.1) is 10.1 Å². The average Bonchev–Trinajstić information content (AvgIpc) is 2.63. The minimum absolute atomic E-state index is 0.136. The van der Waals surface area contributed by atoms with Crippen molar-refractivity contribution < 1.29 is 9.72 Å². The number of carbonyl (C=O) groups excluding carboxylic acids is 1. The van der Waals surface area contributed by atoms with Crippen molar-refractivity contribution in [3.8, 4) is 0 Å². The van der Waals surface area contributed by atoms with E-state index in [1.165, 1.54) is 12.1 Å². The molecule has 2 N–H and O–H groups in total. The summed E-state index contributed by atoms with van der Waals surface area (Å²) < 4.78 is 0. The van der Waals surface area contributed by atoms with Crippen LogP contribution in [-0.2, 0) is 0 Å². The van der Waals surface area contributed by atoms with Crippen molar-refractivity contribution >= 4 is 28.9 Å². The fourth-order valence-corrected chi connectivity index (χ4v) is 2.71. The molecule has 3 rings (SSSR count). The van der Waals surface area contributed by atoms with Gasteiger partial charge in [0.2, 0.25) is 0 Å². The molecule has 0 radical (unpaired) electrons. The van der Waals surface area contributed by atoms with Gasteiger partial charge in [-0.1, -0.05) is 12.1 Å². The number of piperazine rings is 1. The molecule has 1 aliphatic heterocycles. The number of rotatable bonds is 4. The van der Waals surface area contributed by atoms with Crippen LogP contribution in [0.5, 0.6) is 0 Å². The van der Waals surface area contributed by atoms with Gasteiger partial charge in [0, 0.05) is 32.2 Å². The summed E-state index contributed by atoms with van der Waals surface area (Å²) in [5.41, 5.74) is 0.488. The molecule has 0 bridgehead atoms. The van der Waals surface area contributed by atoms with Crippen molar-refractivity contribution in [3.05, 3.63) is 52.7 Å². The Morgan fingerprint density at radius 3 is 2.50 bits per heavy atom. The zero-order chi connectivity index (χ0) is 18.5. The van der Waals surface area contributed by atoms with Gasteiger partial charge in [-0.3, -0.25) is 10.1 Å². The van der Waals surface area contributed by atoms with E-state index in [0.29, 0.717) is 5.69 Å². The molecular weight excluding hydrogens is 336 g/mol. The normalized spacial score (nSPS) is 14.7. The smallest absolute Gasteiger partial charge is 0.323 e. The minimum atomic E-state index is -0.562. The van der Waals surface area contributed by atoms with Gasteiger partial charge in [0.15, 0.2) is 0 Å². The van der Waals surface area contributed by atoms with Crippen LogP contribution in [0.4, 0.5) is 27.7 Å². The summed E-state index contributed by atoms with van der Waals surface area (Å²) in [6, 6.07) is 9.03. The SMILES string of the molecule is CN1CCN(c2ccc(NC(=O)Nc3ccccc3[N+](=O)[O-])cn2)CC1. The van der Waals surface area contributed by atoms with Crippen molar-refractivity contribution in [2.24, 2.45) is 0 Å².